The highest BCUT2D eigenvalue weighted by Gasteiger charge is 2.26. The number of thioether (sulfide) groups is 1. The Balaban J connectivity index is 1.63. The van der Waals surface area contributed by atoms with Crippen LogP contribution in [-0.2, 0) is 6.61 Å². The second-order valence-corrected chi connectivity index (χ2v) is 9.46. The van der Waals surface area contributed by atoms with Crippen molar-refractivity contribution in [3.05, 3.63) is 110 Å². The van der Waals surface area contributed by atoms with E-state index >= 15 is 0 Å². The Hall–Kier alpha value is -3.07. The molecule has 3 aromatic carbocycles. The van der Waals surface area contributed by atoms with Gasteiger partial charge in [0.25, 0.3) is 0 Å². The van der Waals surface area contributed by atoms with E-state index in [-0.39, 0.29) is 11.5 Å². The average Bonchev–Trinajstić information content (AvgIpc) is 3.18. The predicted octanol–water partition coefficient (Wildman–Crippen LogP) is 6.57. The number of hydrogen-bond acceptors (Lipinski definition) is 6. The smallest absolute Gasteiger partial charge is 0.220 e. The Labute approximate surface area is 210 Å². The molecule has 0 aliphatic carbocycles. The van der Waals surface area contributed by atoms with Crippen LogP contribution in [0.5, 0.6) is 5.75 Å². The summed E-state index contributed by atoms with van der Waals surface area (Å²) in [5.41, 5.74) is 2.47. The molecule has 0 spiro atoms. The quantitative estimate of drug-likeness (QED) is 0.142. The van der Waals surface area contributed by atoms with E-state index in [9.17, 15) is 10.1 Å². The van der Waals surface area contributed by atoms with E-state index in [1.54, 1.807) is 24.3 Å². The molecule has 0 N–H and O–H groups in total. The monoisotopic (exact) mass is 514 g/mol. The normalized spacial score (nSPS) is 11.9. The first-order valence-electron chi connectivity index (χ1n) is 10.3. The number of aryl methyl sites for hydroxylation is 1. The summed E-state index contributed by atoms with van der Waals surface area (Å²) >= 11 is 13.3. The largest absolute Gasteiger partial charge is 0.489 e. The maximum absolute atomic E-state index is 11.6. The number of benzene rings is 3. The predicted molar refractivity (Wildman–Crippen MR) is 134 cm³/mol. The lowest BCUT2D eigenvalue weighted by atomic mass is 10.1. The SMILES string of the molecule is Cc1nnc(S[C@H](C[N+](=O)[O-])c2ccccc2OCc2ccc(Cl)cc2)n1-c1ccc(Cl)cc1. The van der Waals surface area contributed by atoms with Crippen LogP contribution in [0.15, 0.2) is 78.0 Å². The molecule has 1 heterocycles. The van der Waals surface area contributed by atoms with Gasteiger partial charge in [0.2, 0.25) is 6.54 Å². The third kappa shape index (κ3) is 5.88. The molecule has 0 radical (unpaired) electrons. The number of rotatable bonds is 9. The molecule has 0 aliphatic heterocycles. The molecule has 1 aromatic heterocycles. The summed E-state index contributed by atoms with van der Waals surface area (Å²) < 4.78 is 7.91. The highest BCUT2D eigenvalue weighted by atomic mass is 35.5. The van der Waals surface area contributed by atoms with E-state index in [1.165, 1.54) is 11.8 Å². The van der Waals surface area contributed by atoms with Crippen molar-refractivity contribution in [3.63, 3.8) is 0 Å². The van der Waals surface area contributed by atoms with E-state index in [1.807, 2.05) is 60.0 Å². The van der Waals surface area contributed by atoms with Crippen molar-refractivity contribution in [2.75, 3.05) is 6.54 Å². The van der Waals surface area contributed by atoms with E-state index in [2.05, 4.69) is 10.2 Å². The van der Waals surface area contributed by atoms with Crippen LogP contribution in [0.25, 0.3) is 5.69 Å². The zero-order valence-electron chi connectivity index (χ0n) is 18.1. The maximum Gasteiger partial charge on any atom is 0.220 e. The molecule has 0 unspecified atom stereocenters. The van der Waals surface area contributed by atoms with Crippen LogP contribution in [0.3, 0.4) is 0 Å². The van der Waals surface area contributed by atoms with E-state index in [4.69, 9.17) is 27.9 Å². The summed E-state index contributed by atoms with van der Waals surface area (Å²) in [5.74, 6) is 1.24. The second-order valence-electron chi connectivity index (χ2n) is 7.42. The molecule has 0 aliphatic rings. The topological polar surface area (TPSA) is 83.1 Å². The Morgan fingerprint density at radius 2 is 1.65 bits per heavy atom. The Morgan fingerprint density at radius 1 is 1.00 bits per heavy atom. The number of ether oxygens (including phenoxy) is 1. The van der Waals surface area contributed by atoms with Gasteiger partial charge in [-0.3, -0.25) is 14.7 Å². The summed E-state index contributed by atoms with van der Waals surface area (Å²) in [7, 11) is 0. The fourth-order valence-corrected chi connectivity index (χ4v) is 4.84. The van der Waals surface area contributed by atoms with Gasteiger partial charge >= 0.3 is 0 Å². The van der Waals surface area contributed by atoms with Crippen molar-refractivity contribution in [1.29, 1.82) is 0 Å². The first kappa shape index (κ1) is 24.1. The molecule has 0 amide bonds. The van der Waals surface area contributed by atoms with Gasteiger partial charge in [-0.05, 0) is 55.0 Å². The zero-order chi connectivity index (χ0) is 24.1. The van der Waals surface area contributed by atoms with Crippen LogP contribution in [-0.4, -0.2) is 26.2 Å². The molecule has 0 bridgehead atoms. The lowest BCUT2D eigenvalue weighted by molar-refractivity contribution is -0.479. The Bertz CT molecular complexity index is 1280. The third-order valence-corrected chi connectivity index (χ3v) is 6.68. The fourth-order valence-electron chi connectivity index (χ4n) is 3.39. The summed E-state index contributed by atoms with van der Waals surface area (Å²) in [6, 6.07) is 22.0. The van der Waals surface area contributed by atoms with Crippen molar-refractivity contribution in [2.45, 2.75) is 23.9 Å². The first-order valence-corrected chi connectivity index (χ1v) is 12.0. The second kappa shape index (κ2) is 10.9. The average molecular weight is 515 g/mol. The molecule has 34 heavy (non-hydrogen) atoms. The number of nitrogens with zero attached hydrogens (tertiary/aromatic N) is 4. The zero-order valence-corrected chi connectivity index (χ0v) is 20.4. The van der Waals surface area contributed by atoms with Gasteiger partial charge in [0.05, 0.1) is 0 Å². The number of para-hydroxylation sites is 1. The maximum atomic E-state index is 11.6. The number of hydrogen-bond donors (Lipinski definition) is 0. The molecular weight excluding hydrogens is 495 g/mol. The summed E-state index contributed by atoms with van der Waals surface area (Å²) in [6.45, 7) is 1.83. The molecule has 4 aromatic rings. The lowest BCUT2D eigenvalue weighted by Crippen LogP contribution is -2.12. The van der Waals surface area contributed by atoms with E-state index in [0.717, 1.165) is 11.3 Å². The molecule has 4 rings (SSSR count). The van der Waals surface area contributed by atoms with Crippen LogP contribution in [0.1, 0.15) is 22.2 Å². The van der Waals surface area contributed by atoms with Crippen LogP contribution in [0, 0.1) is 17.0 Å². The van der Waals surface area contributed by atoms with Gasteiger partial charge in [0, 0.05) is 26.2 Å². The molecule has 0 fully saturated rings. The lowest BCUT2D eigenvalue weighted by Gasteiger charge is -2.18. The Morgan fingerprint density at radius 3 is 2.32 bits per heavy atom. The summed E-state index contributed by atoms with van der Waals surface area (Å²) in [6.07, 6.45) is 0. The van der Waals surface area contributed by atoms with Crippen LogP contribution in [0.2, 0.25) is 10.0 Å². The van der Waals surface area contributed by atoms with Crippen molar-refractivity contribution >= 4 is 35.0 Å². The highest BCUT2D eigenvalue weighted by Crippen LogP contribution is 2.40. The van der Waals surface area contributed by atoms with Crippen LogP contribution >= 0.6 is 35.0 Å². The molecular formula is C24H20Cl2N4O3S. The molecule has 10 heteroatoms. The summed E-state index contributed by atoms with van der Waals surface area (Å²) in [4.78, 5) is 11.2. The van der Waals surface area contributed by atoms with Crippen molar-refractivity contribution in [2.24, 2.45) is 0 Å². The number of nitro groups is 1. The minimum Gasteiger partial charge on any atom is -0.489 e. The van der Waals surface area contributed by atoms with Gasteiger partial charge in [-0.15, -0.1) is 10.2 Å². The van der Waals surface area contributed by atoms with Crippen molar-refractivity contribution in [3.8, 4) is 11.4 Å². The first-order chi connectivity index (χ1) is 16.4. The standard InChI is InChI=1S/C24H20Cl2N4O3S/c1-16-27-28-24(30(16)20-12-10-19(26)11-13-20)34-23(14-29(31)32)21-4-2-3-5-22(21)33-15-17-6-8-18(25)9-7-17/h2-13,23H,14-15H2,1H3/t23-/m1/s1. The van der Waals surface area contributed by atoms with Gasteiger partial charge in [-0.1, -0.05) is 65.3 Å². The van der Waals surface area contributed by atoms with Gasteiger partial charge in [-0.2, -0.15) is 0 Å². The minimum atomic E-state index is -0.550. The molecule has 0 saturated carbocycles. The van der Waals surface area contributed by atoms with Gasteiger partial charge in [-0.25, -0.2) is 0 Å². The molecule has 7 nitrogen and oxygen atoms in total. The highest BCUT2D eigenvalue weighted by molar-refractivity contribution is 7.99. The number of halogens is 2. The summed E-state index contributed by atoms with van der Waals surface area (Å²) in [5, 5.41) is 21.3. The van der Waals surface area contributed by atoms with Gasteiger partial charge < -0.3 is 4.74 Å². The molecule has 174 valence electrons. The van der Waals surface area contributed by atoms with Gasteiger partial charge in [0.1, 0.15) is 23.4 Å². The Kier molecular flexibility index (Phi) is 7.72. The van der Waals surface area contributed by atoms with Crippen LogP contribution < -0.4 is 4.74 Å². The van der Waals surface area contributed by atoms with E-state index < -0.39 is 5.25 Å². The van der Waals surface area contributed by atoms with Crippen molar-refractivity contribution < 1.29 is 9.66 Å². The number of aromatic nitrogens is 3. The van der Waals surface area contributed by atoms with E-state index in [0.29, 0.717) is 38.9 Å². The third-order valence-electron chi connectivity index (χ3n) is 5.02. The fraction of sp³-hybridized carbons (Fsp3) is 0.167. The van der Waals surface area contributed by atoms with Crippen LogP contribution in [0.4, 0.5) is 0 Å². The molecule has 0 saturated heterocycles. The van der Waals surface area contributed by atoms with Gasteiger partial charge in [0.15, 0.2) is 5.16 Å². The van der Waals surface area contributed by atoms with Crippen molar-refractivity contribution in [1.82, 2.24) is 14.8 Å². The molecule has 1 atom stereocenters. The minimum absolute atomic E-state index is 0.307.